The van der Waals surface area contributed by atoms with Crippen LogP contribution in [0.3, 0.4) is 0 Å². The first-order valence-electron chi connectivity index (χ1n) is 5.46. The van der Waals surface area contributed by atoms with Gasteiger partial charge in [0.15, 0.2) is 12.6 Å². The molecule has 92 valence electrons. The Kier molecular flexibility index (Phi) is 2.30. The third-order valence-electron chi connectivity index (χ3n) is 4.10. The molecule has 3 rings (SSSR count). The average molecular weight is 232 g/mol. The summed E-state index contributed by atoms with van der Waals surface area (Å²) in [5.41, 5.74) is -1.38. The highest BCUT2D eigenvalue weighted by Crippen LogP contribution is 2.52. The molecule has 2 heterocycles. The third-order valence-corrected chi connectivity index (χ3v) is 4.10. The summed E-state index contributed by atoms with van der Waals surface area (Å²) in [5, 5.41) is 30.1. The van der Waals surface area contributed by atoms with Crippen molar-refractivity contribution < 1.29 is 29.5 Å². The second-order valence-electron chi connectivity index (χ2n) is 4.83. The minimum atomic E-state index is -1.38. The maximum atomic E-state index is 10.3. The molecule has 2 aliphatic heterocycles. The Morgan fingerprint density at radius 3 is 2.81 bits per heavy atom. The Morgan fingerprint density at radius 2 is 2.12 bits per heavy atom. The van der Waals surface area contributed by atoms with Gasteiger partial charge in [-0.1, -0.05) is 0 Å². The summed E-state index contributed by atoms with van der Waals surface area (Å²) in [5.74, 6) is -0.616. The number of hydrogen-bond donors (Lipinski definition) is 3. The van der Waals surface area contributed by atoms with Crippen molar-refractivity contribution in [2.24, 2.45) is 11.8 Å². The normalized spacial score (nSPS) is 60.0. The van der Waals surface area contributed by atoms with Crippen LogP contribution in [0.1, 0.15) is 6.42 Å². The van der Waals surface area contributed by atoms with E-state index in [0.29, 0.717) is 6.42 Å². The number of aliphatic hydroxyl groups excluding tert-OH is 2. The zero-order chi connectivity index (χ0) is 11.5. The Labute approximate surface area is 92.7 Å². The highest BCUT2D eigenvalue weighted by Gasteiger charge is 2.68. The second-order valence-corrected chi connectivity index (χ2v) is 4.83. The largest absolute Gasteiger partial charge is 0.390 e. The average Bonchev–Trinajstić information content (AvgIpc) is 2.73. The highest BCUT2D eigenvalue weighted by atomic mass is 16.8. The molecule has 0 bridgehead atoms. The van der Waals surface area contributed by atoms with E-state index in [1.54, 1.807) is 0 Å². The summed E-state index contributed by atoms with van der Waals surface area (Å²) >= 11 is 0. The lowest BCUT2D eigenvalue weighted by molar-refractivity contribution is -0.274. The summed E-state index contributed by atoms with van der Waals surface area (Å²) in [6.45, 7) is -0.00645. The van der Waals surface area contributed by atoms with Crippen molar-refractivity contribution in [2.45, 2.75) is 36.8 Å². The van der Waals surface area contributed by atoms with Crippen LogP contribution in [0, 0.1) is 11.8 Å². The first-order valence-corrected chi connectivity index (χ1v) is 5.46. The molecule has 0 unspecified atom stereocenters. The summed E-state index contributed by atoms with van der Waals surface area (Å²) < 4.78 is 15.9. The number of methoxy groups -OCH3 is 1. The van der Waals surface area contributed by atoms with Gasteiger partial charge < -0.3 is 29.5 Å². The van der Waals surface area contributed by atoms with E-state index in [2.05, 4.69) is 0 Å². The number of ether oxygens (including phenoxy) is 3. The lowest BCUT2D eigenvalue weighted by Gasteiger charge is -2.36. The van der Waals surface area contributed by atoms with Gasteiger partial charge >= 0.3 is 0 Å². The fourth-order valence-corrected chi connectivity index (χ4v) is 3.24. The summed E-state index contributed by atoms with van der Waals surface area (Å²) in [6, 6.07) is 0. The van der Waals surface area contributed by atoms with Gasteiger partial charge in [0.2, 0.25) is 0 Å². The van der Waals surface area contributed by atoms with E-state index in [1.165, 1.54) is 7.11 Å². The molecule has 0 aromatic rings. The number of aliphatic hydroxyl groups is 3. The van der Waals surface area contributed by atoms with Crippen molar-refractivity contribution in [3.8, 4) is 0 Å². The lowest BCUT2D eigenvalue weighted by Crippen LogP contribution is -2.47. The Balaban J connectivity index is 1.93. The second kappa shape index (κ2) is 3.38. The fraction of sp³-hybridized carbons (Fsp3) is 1.00. The monoisotopic (exact) mass is 232 g/mol. The molecular formula is C10H16O6. The molecule has 7 atom stereocenters. The third kappa shape index (κ3) is 1.17. The van der Waals surface area contributed by atoms with Crippen molar-refractivity contribution in [3.63, 3.8) is 0 Å². The molecule has 6 heteroatoms. The minimum absolute atomic E-state index is 0.00645. The summed E-state index contributed by atoms with van der Waals surface area (Å²) in [4.78, 5) is 0. The fourth-order valence-electron chi connectivity index (χ4n) is 3.24. The summed E-state index contributed by atoms with van der Waals surface area (Å²) in [6.07, 6.45) is -2.70. The molecule has 0 radical (unpaired) electrons. The van der Waals surface area contributed by atoms with E-state index in [4.69, 9.17) is 14.2 Å². The van der Waals surface area contributed by atoms with Crippen LogP contribution in [0.5, 0.6) is 0 Å². The minimum Gasteiger partial charge on any atom is -0.390 e. The van der Waals surface area contributed by atoms with E-state index >= 15 is 0 Å². The van der Waals surface area contributed by atoms with Crippen molar-refractivity contribution in [3.05, 3.63) is 0 Å². The predicted molar refractivity (Wildman–Crippen MR) is 50.2 cm³/mol. The van der Waals surface area contributed by atoms with Crippen LogP contribution in [0.15, 0.2) is 0 Å². The van der Waals surface area contributed by atoms with Gasteiger partial charge in [-0.3, -0.25) is 0 Å². The number of rotatable bonds is 1. The van der Waals surface area contributed by atoms with E-state index in [0.717, 1.165) is 0 Å². The summed E-state index contributed by atoms with van der Waals surface area (Å²) in [7, 11) is 1.52. The van der Waals surface area contributed by atoms with Crippen molar-refractivity contribution in [2.75, 3.05) is 13.7 Å². The topological polar surface area (TPSA) is 88.4 Å². The molecule has 6 nitrogen and oxygen atoms in total. The van der Waals surface area contributed by atoms with E-state index < -0.39 is 30.4 Å². The van der Waals surface area contributed by atoms with Gasteiger partial charge in [-0.15, -0.1) is 0 Å². The van der Waals surface area contributed by atoms with Crippen LogP contribution in [0.25, 0.3) is 0 Å². The van der Waals surface area contributed by atoms with Gasteiger partial charge in [0.05, 0.1) is 12.7 Å². The predicted octanol–water partition coefficient (Wildman–Crippen LogP) is -1.57. The molecule has 3 fully saturated rings. The van der Waals surface area contributed by atoms with Gasteiger partial charge in [-0.2, -0.15) is 0 Å². The van der Waals surface area contributed by atoms with E-state index in [9.17, 15) is 15.3 Å². The molecule has 0 amide bonds. The van der Waals surface area contributed by atoms with Crippen LogP contribution < -0.4 is 0 Å². The van der Waals surface area contributed by atoms with Crippen LogP contribution in [-0.4, -0.2) is 59.4 Å². The van der Waals surface area contributed by atoms with Crippen LogP contribution in [0.4, 0.5) is 0 Å². The first-order chi connectivity index (χ1) is 7.58. The van der Waals surface area contributed by atoms with Crippen LogP contribution in [-0.2, 0) is 14.2 Å². The zero-order valence-corrected chi connectivity index (χ0v) is 8.94. The molecule has 2 saturated heterocycles. The maximum Gasteiger partial charge on any atom is 0.166 e. The number of hydrogen-bond acceptors (Lipinski definition) is 6. The standard InChI is InChI=1S/C10H16O6/c1-14-5-2-4-6-9(16-5)15-3-10(6,13)8(12)7(4)11/h4-9,11-13H,2-3H2,1H3/t4-,5+,6+,7-,8+,9-,10+/m0/s1. The van der Waals surface area contributed by atoms with Crippen LogP contribution in [0.2, 0.25) is 0 Å². The van der Waals surface area contributed by atoms with E-state index in [1.807, 2.05) is 0 Å². The van der Waals surface area contributed by atoms with Gasteiger partial charge in [-0.25, -0.2) is 0 Å². The maximum absolute atomic E-state index is 10.3. The molecule has 0 aromatic heterocycles. The lowest BCUT2D eigenvalue weighted by atomic mass is 9.83. The quantitative estimate of drug-likeness (QED) is 0.506. The van der Waals surface area contributed by atoms with Gasteiger partial charge in [0.1, 0.15) is 11.7 Å². The van der Waals surface area contributed by atoms with E-state index in [-0.39, 0.29) is 18.4 Å². The molecule has 3 aliphatic rings. The van der Waals surface area contributed by atoms with Gasteiger partial charge in [-0.05, 0) is 0 Å². The Hall–Kier alpha value is -0.240. The van der Waals surface area contributed by atoms with Gasteiger partial charge in [0.25, 0.3) is 0 Å². The molecule has 0 spiro atoms. The van der Waals surface area contributed by atoms with Crippen LogP contribution >= 0.6 is 0 Å². The first kappa shape index (κ1) is 10.9. The SMILES string of the molecule is CO[C@H]1C[C@@H]2[C@H](O)[C@@H](O)[C@@]3(O)CO[C@@H](O1)[C@@H]23. The molecule has 0 aromatic carbocycles. The van der Waals surface area contributed by atoms with Crippen molar-refractivity contribution >= 4 is 0 Å². The van der Waals surface area contributed by atoms with Crippen molar-refractivity contribution in [1.82, 2.24) is 0 Å². The Bertz CT molecular complexity index is 297. The molecule has 3 N–H and O–H groups in total. The smallest absolute Gasteiger partial charge is 0.166 e. The van der Waals surface area contributed by atoms with Gasteiger partial charge in [0, 0.05) is 25.4 Å². The van der Waals surface area contributed by atoms with Crippen molar-refractivity contribution in [1.29, 1.82) is 0 Å². The zero-order valence-electron chi connectivity index (χ0n) is 8.94. The Morgan fingerprint density at radius 1 is 1.38 bits per heavy atom. The molecule has 16 heavy (non-hydrogen) atoms. The highest BCUT2D eigenvalue weighted by molar-refractivity contribution is 5.13. The molecule has 1 saturated carbocycles. The molecule has 1 aliphatic carbocycles. The molecular weight excluding hydrogens is 216 g/mol.